The van der Waals surface area contributed by atoms with E-state index in [1.54, 1.807) is 0 Å². The van der Waals surface area contributed by atoms with Gasteiger partial charge in [-0.2, -0.15) is 0 Å². The second-order valence-corrected chi connectivity index (χ2v) is 3.92. The van der Waals surface area contributed by atoms with Gasteiger partial charge in [-0.05, 0) is 42.2 Å². The third-order valence-corrected chi connectivity index (χ3v) is 2.84. The Hall–Kier alpha value is -1.49. The molecule has 0 aliphatic heterocycles. The van der Waals surface area contributed by atoms with Crippen molar-refractivity contribution in [3.05, 3.63) is 10.4 Å². The molecule has 84 valence electrons. The topological polar surface area (TPSA) is 101 Å². The molecule has 1 aliphatic carbocycles. The molecule has 1 saturated carbocycles. The molecule has 16 heavy (non-hydrogen) atoms. The van der Waals surface area contributed by atoms with Crippen molar-refractivity contribution in [1.29, 1.82) is 0 Å². The van der Waals surface area contributed by atoms with Crippen LogP contribution in [0.15, 0.2) is 10.1 Å². The normalized spacial score (nSPS) is 25.9. The Morgan fingerprint density at radius 3 is 2.56 bits per heavy atom. The van der Waals surface area contributed by atoms with E-state index < -0.39 is 5.80 Å². The van der Waals surface area contributed by atoms with Gasteiger partial charge >= 0.3 is 0 Å². The van der Waals surface area contributed by atoms with Crippen molar-refractivity contribution in [3.63, 3.8) is 0 Å². The minimum Gasteiger partial charge on any atom is -0.870 e. The molecule has 7 heteroatoms. The molecule has 0 aromatic heterocycles. The van der Waals surface area contributed by atoms with Crippen molar-refractivity contribution in [2.75, 3.05) is 6.54 Å². The van der Waals surface area contributed by atoms with Gasteiger partial charge in [0.1, 0.15) is 7.85 Å². The van der Waals surface area contributed by atoms with Gasteiger partial charge in [-0.3, -0.25) is 4.79 Å². The summed E-state index contributed by atoms with van der Waals surface area (Å²) in [5.41, 5.74) is 8.14. The molecule has 0 unspecified atom stereocenters. The van der Waals surface area contributed by atoms with E-state index in [0.29, 0.717) is 25.3 Å². The lowest BCUT2D eigenvalue weighted by atomic mass is 9.81. The third kappa shape index (κ3) is 3.94. The summed E-state index contributed by atoms with van der Waals surface area (Å²) >= 11 is 0. The molecule has 1 aliphatic rings. The number of carbonyl (C=O) groups excluding carboxylic acids is 1. The number of carbonyl (C=O) groups is 1. The molecule has 1 fully saturated rings. The molecule has 0 N–H and O–H groups in total. The van der Waals surface area contributed by atoms with Crippen molar-refractivity contribution >= 4 is 19.6 Å². The fourth-order valence-electron chi connectivity index (χ4n) is 1.94. The predicted octanol–water partition coefficient (Wildman–Crippen LogP) is 0.515. The molecule has 0 aromatic rings. The van der Waals surface area contributed by atoms with E-state index in [1.165, 1.54) is 0 Å². The largest absolute Gasteiger partial charge is 0.870 e. The highest BCUT2D eigenvalue weighted by Crippen LogP contribution is 2.29. The zero-order valence-electron chi connectivity index (χ0n) is 8.87. The number of hydrogen-bond acceptors (Lipinski definition) is 3. The van der Waals surface area contributed by atoms with Crippen LogP contribution >= 0.6 is 0 Å². The quantitative estimate of drug-likeness (QED) is 0.172. The minimum absolute atomic E-state index is 0.166. The van der Waals surface area contributed by atoms with Gasteiger partial charge < -0.3 is 10.1 Å². The van der Waals surface area contributed by atoms with Crippen LogP contribution in [-0.4, -0.2) is 26.1 Å². The van der Waals surface area contributed by atoms with E-state index in [0.717, 1.165) is 12.8 Å². The number of rotatable bonds is 3. The van der Waals surface area contributed by atoms with Gasteiger partial charge in [-0.1, -0.05) is 5.80 Å². The van der Waals surface area contributed by atoms with Crippen LogP contribution in [0.3, 0.4) is 0 Å². The molecule has 0 heterocycles. The lowest BCUT2D eigenvalue weighted by Crippen LogP contribution is -2.23. The molecule has 6 nitrogen and oxygen atoms in total. The van der Waals surface area contributed by atoms with Crippen molar-refractivity contribution < 1.29 is 9.90 Å². The van der Waals surface area contributed by atoms with Gasteiger partial charge in [-0.25, -0.2) is 0 Å². The second-order valence-electron chi connectivity index (χ2n) is 3.92. The van der Waals surface area contributed by atoms with Crippen molar-refractivity contribution in [2.24, 2.45) is 21.9 Å². The summed E-state index contributed by atoms with van der Waals surface area (Å²) in [7, 11) is 4.91. The van der Waals surface area contributed by atoms with E-state index in [-0.39, 0.29) is 11.8 Å². The van der Waals surface area contributed by atoms with Crippen molar-refractivity contribution in [2.45, 2.75) is 25.7 Å². The molecule has 2 radical (unpaired) electrons. The van der Waals surface area contributed by atoms with Crippen molar-refractivity contribution in [1.82, 2.24) is 0 Å². The van der Waals surface area contributed by atoms with Crippen LogP contribution in [0, 0.1) is 11.8 Å². The highest BCUT2D eigenvalue weighted by Gasteiger charge is 2.25. The monoisotopic (exact) mass is 219 g/mol. The summed E-state index contributed by atoms with van der Waals surface area (Å²) in [5, 5.41) is 13.5. The van der Waals surface area contributed by atoms with Crippen molar-refractivity contribution in [3.8, 4) is 0 Å². The van der Waals surface area contributed by atoms with Crippen LogP contribution in [0.4, 0.5) is 0 Å². The first-order valence-corrected chi connectivity index (χ1v) is 5.19. The summed E-state index contributed by atoms with van der Waals surface area (Å²) in [6, 6.07) is 0. The Morgan fingerprint density at radius 1 is 1.44 bits per heavy atom. The third-order valence-electron chi connectivity index (χ3n) is 2.84. The van der Waals surface area contributed by atoms with Gasteiger partial charge in [0.2, 0.25) is 5.91 Å². The van der Waals surface area contributed by atoms with Gasteiger partial charge in [0.15, 0.2) is 0 Å². The zero-order chi connectivity index (χ0) is 12.0. The van der Waals surface area contributed by atoms with Gasteiger partial charge in [0.05, 0.1) is 0 Å². The Kier molecular flexibility index (Phi) is 4.86. The molecule has 1 amide bonds. The molecule has 0 saturated heterocycles. The number of nitrogens with zero attached hydrogens (tertiary/aromatic N) is 4. The number of hydrogen-bond donors (Lipinski definition) is 0. The van der Waals surface area contributed by atoms with Crippen LogP contribution in [0.5, 0.6) is 0 Å². The number of amides is 1. The van der Waals surface area contributed by atoms with Gasteiger partial charge in [0, 0.05) is 17.4 Å². The lowest BCUT2D eigenvalue weighted by molar-refractivity contribution is -0.207. The molecule has 0 spiro atoms. The minimum atomic E-state index is -0.646. The van der Waals surface area contributed by atoms with E-state index in [9.17, 15) is 9.90 Å². The first-order chi connectivity index (χ1) is 7.63. The molecule has 0 aromatic carbocycles. The SMILES string of the molecule is [B]C([O-])=NCC1CCC(C(=O)N=[N+]=[N-])CC1. The molecule has 1 rings (SSSR count). The molecule has 0 bridgehead atoms. The Bertz CT molecular complexity index is 326. The Balaban J connectivity index is 2.36. The summed E-state index contributed by atoms with van der Waals surface area (Å²) in [6.07, 6.45) is 3.01. The summed E-state index contributed by atoms with van der Waals surface area (Å²) in [5.74, 6) is -0.886. The molecular weight excluding hydrogens is 207 g/mol. The second kappa shape index (κ2) is 6.17. The maximum Gasteiger partial charge on any atom is 0.222 e. The fraction of sp³-hybridized carbons (Fsp3) is 0.778. The first-order valence-electron chi connectivity index (χ1n) is 5.19. The van der Waals surface area contributed by atoms with Crippen LogP contribution in [0.2, 0.25) is 0 Å². The lowest BCUT2D eigenvalue weighted by Gasteiger charge is -2.25. The smallest absolute Gasteiger partial charge is 0.222 e. The standard InChI is InChI=1S/C9H13BN4O2/c10-9(16)12-5-6-1-3-7(4-2-6)8(15)13-14-11/h6-7H,1-5H2,(H,12,16)/p-1. The Morgan fingerprint density at radius 2 is 2.06 bits per heavy atom. The van der Waals surface area contributed by atoms with E-state index in [2.05, 4.69) is 15.0 Å². The number of aliphatic imine (C=N–C) groups is 1. The maximum absolute atomic E-state index is 11.3. The van der Waals surface area contributed by atoms with Gasteiger partial charge in [-0.15, -0.1) is 0 Å². The van der Waals surface area contributed by atoms with E-state index in [4.69, 9.17) is 13.4 Å². The van der Waals surface area contributed by atoms with Gasteiger partial charge in [0.25, 0.3) is 0 Å². The fourth-order valence-corrected chi connectivity index (χ4v) is 1.94. The zero-order valence-corrected chi connectivity index (χ0v) is 8.87. The van der Waals surface area contributed by atoms with Crippen LogP contribution in [0.1, 0.15) is 25.7 Å². The Labute approximate surface area is 94.8 Å². The van der Waals surface area contributed by atoms with E-state index >= 15 is 0 Å². The molecule has 0 atom stereocenters. The van der Waals surface area contributed by atoms with Crippen LogP contribution in [0.25, 0.3) is 10.4 Å². The summed E-state index contributed by atoms with van der Waals surface area (Å²) in [4.78, 5) is 17.4. The van der Waals surface area contributed by atoms with Crippen LogP contribution in [-0.2, 0) is 4.79 Å². The maximum atomic E-state index is 11.3. The first kappa shape index (κ1) is 12.6. The number of azide groups is 1. The predicted molar refractivity (Wildman–Crippen MR) is 57.7 cm³/mol. The molecular formula is C9H12BN4O2-. The highest BCUT2D eigenvalue weighted by atomic mass is 16.3. The van der Waals surface area contributed by atoms with Crippen LogP contribution < -0.4 is 5.11 Å². The average Bonchev–Trinajstić information content (AvgIpc) is 2.27. The average molecular weight is 219 g/mol. The summed E-state index contributed by atoms with van der Waals surface area (Å²) < 4.78 is 0. The summed E-state index contributed by atoms with van der Waals surface area (Å²) in [6.45, 7) is 0.428. The highest BCUT2D eigenvalue weighted by molar-refractivity contribution is 6.55. The van der Waals surface area contributed by atoms with E-state index in [1.807, 2.05) is 0 Å².